The first-order valence-electron chi connectivity index (χ1n) is 5.82. The standard InChI is InChI=1S/C13H15FINO2/c1-13(2)12(17)16(7-3-6-14)10-5-4-9(15)8-11(10)18-13/h4-5,8H,3,6-7H2,1-2H3. The number of anilines is 1. The molecule has 1 aliphatic heterocycles. The van der Waals surface area contributed by atoms with E-state index in [1.807, 2.05) is 18.2 Å². The number of hydrogen-bond donors (Lipinski definition) is 0. The molecular formula is C13H15FINO2. The zero-order chi connectivity index (χ0) is 13.3. The van der Waals surface area contributed by atoms with Crippen molar-refractivity contribution in [1.82, 2.24) is 0 Å². The van der Waals surface area contributed by atoms with Crippen LogP contribution in [0.15, 0.2) is 18.2 Å². The van der Waals surface area contributed by atoms with Crippen molar-refractivity contribution in [2.75, 3.05) is 18.1 Å². The zero-order valence-corrected chi connectivity index (χ0v) is 12.5. The number of nitrogens with zero attached hydrogens (tertiary/aromatic N) is 1. The second-order valence-corrected chi connectivity index (χ2v) is 5.97. The molecule has 0 radical (unpaired) electrons. The van der Waals surface area contributed by atoms with Gasteiger partial charge in [-0.15, -0.1) is 0 Å². The Kier molecular flexibility index (Phi) is 3.79. The lowest BCUT2D eigenvalue weighted by molar-refractivity contribution is -0.132. The number of carbonyl (C=O) groups excluding carboxylic acids is 1. The van der Waals surface area contributed by atoms with Crippen molar-refractivity contribution in [3.05, 3.63) is 21.8 Å². The van der Waals surface area contributed by atoms with Gasteiger partial charge in [0.2, 0.25) is 0 Å². The molecule has 0 spiro atoms. The van der Waals surface area contributed by atoms with Crippen LogP contribution >= 0.6 is 22.6 Å². The van der Waals surface area contributed by atoms with Crippen LogP contribution in [0.2, 0.25) is 0 Å². The third-order valence-electron chi connectivity index (χ3n) is 2.85. The number of carbonyl (C=O) groups is 1. The quantitative estimate of drug-likeness (QED) is 0.773. The second kappa shape index (κ2) is 5.03. The summed E-state index contributed by atoms with van der Waals surface area (Å²) >= 11 is 2.20. The van der Waals surface area contributed by atoms with E-state index in [4.69, 9.17) is 4.74 Å². The smallest absolute Gasteiger partial charge is 0.270 e. The van der Waals surface area contributed by atoms with Crippen molar-refractivity contribution < 1.29 is 13.9 Å². The number of fused-ring (bicyclic) bond motifs is 1. The largest absolute Gasteiger partial charge is 0.476 e. The van der Waals surface area contributed by atoms with Crippen LogP contribution in [0.4, 0.5) is 10.1 Å². The van der Waals surface area contributed by atoms with Crippen LogP contribution in [0, 0.1) is 3.57 Å². The Morgan fingerprint density at radius 3 is 2.83 bits per heavy atom. The predicted molar refractivity (Wildman–Crippen MR) is 76.8 cm³/mol. The topological polar surface area (TPSA) is 29.5 Å². The van der Waals surface area contributed by atoms with Gasteiger partial charge in [-0.2, -0.15) is 0 Å². The molecule has 0 N–H and O–H groups in total. The fourth-order valence-corrected chi connectivity index (χ4v) is 2.45. The van der Waals surface area contributed by atoms with Gasteiger partial charge in [-0.3, -0.25) is 9.18 Å². The molecule has 0 bridgehead atoms. The molecule has 1 heterocycles. The minimum atomic E-state index is -0.895. The minimum Gasteiger partial charge on any atom is -0.476 e. The Morgan fingerprint density at radius 1 is 1.44 bits per heavy atom. The van der Waals surface area contributed by atoms with Crippen molar-refractivity contribution in [2.24, 2.45) is 0 Å². The van der Waals surface area contributed by atoms with Gasteiger partial charge in [-0.1, -0.05) is 0 Å². The number of hydrogen-bond acceptors (Lipinski definition) is 2. The van der Waals surface area contributed by atoms with Crippen molar-refractivity contribution in [2.45, 2.75) is 25.9 Å². The minimum absolute atomic E-state index is 0.121. The normalized spacial score (nSPS) is 17.3. The van der Waals surface area contributed by atoms with Gasteiger partial charge >= 0.3 is 0 Å². The molecule has 0 unspecified atom stereocenters. The molecule has 0 fully saturated rings. The maximum absolute atomic E-state index is 12.3. The van der Waals surface area contributed by atoms with Crippen LogP contribution in [-0.4, -0.2) is 24.7 Å². The highest BCUT2D eigenvalue weighted by atomic mass is 127. The van der Waals surface area contributed by atoms with Crippen molar-refractivity contribution in [3.63, 3.8) is 0 Å². The van der Waals surface area contributed by atoms with Gasteiger partial charge in [0, 0.05) is 10.1 Å². The molecule has 0 saturated carbocycles. The molecule has 1 aliphatic rings. The van der Waals surface area contributed by atoms with E-state index in [1.165, 1.54) is 0 Å². The van der Waals surface area contributed by atoms with Crippen molar-refractivity contribution in [3.8, 4) is 5.75 Å². The molecule has 0 atom stereocenters. The Morgan fingerprint density at radius 2 is 2.17 bits per heavy atom. The number of amides is 1. The van der Waals surface area contributed by atoms with Gasteiger partial charge in [0.05, 0.1) is 12.4 Å². The summed E-state index contributed by atoms with van der Waals surface area (Å²) in [6.07, 6.45) is 0.341. The van der Waals surface area contributed by atoms with E-state index in [1.54, 1.807) is 18.7 Å². The monoisotopic (exact) mass is 363 g/mol. The fourth-order valence-electron chi connectivity index (χ4n) is 1.99. The molecule has 0 aromatic heterocycles. The van der Waals surface area contributed by atoms with E-state index >= 15 is 0 Å². The first-order valence-corrected chi connectivity index (χ1v) is 6.90. The van der Waals surface area contributed by atoms with Gasteiger partial charge in [0.15, 0.2) is 5.60 Å². The van der Waals surface area contributed by atoms with Crippen LogP contribution in [0.5, 0.6) is 5.75 Å². The summed E-state index contributed by atoms with van der Waals surface area (Å²) in [7, 11) is 0. The van der Waals surface area contributed by atoms with E-state index in [2.05, 4.69) is 22.6 Å². The van der Waals surface area contributed by atoms with E-state index in [9.17, 15) is 9.18 Å². The molecule has 1 aromatic rings. The van der Waals surface area contributed by atoms with E-state index in [0.717, 1.165) is 9.26 Å². The van der Waals surface area contributed by atoms with Crippen LogP contribution in [0.3, 0.4) is 0 Å². The summed E-state index contributed by atoms with van der Waals surface area (Å²) in [5, 5.41) is 0. The highest BCUT2D eigenvalue weighted by Crippen LogP contribution is 2.38. The average molecular weight is 363 g/mol. The van der Waals surface area contributed by atoms with E-state index in [-0.39, 0.29) is 5.91 Å². The summed E-state index contributed by atoms with van der Waals surface area (Å²) in [5.41, 5.74) is -0.165. The number of benzene rings is 1. The lowest BCUT2D eigenvalue weighted by atomic mass is 10.0. The molecule has 0 saturated heterocycles. The molecule has 5 heteroatoms. The Hall–Kier alpha value is -0.850. The molecule has 1 aromatic carbocycles. The Labute approximate surface area is 119 Å². The summed E-state index contributed by atoms with van der Waals surface area (Å²) < 4.78 is 19.1. The van der Waals surface area contributed by atoms with E-state index in [0.29, 0.717) is 18.7 Å². The number of ether oxygens (including phenoxy) is 1. The second-order valence-electron chi connectivity index (χ2n) is 4.72. The van der Waals surface area contributed by atoms with Crippen LogP contribution in [-0.2, 0) is 4.79 Å². The zero-order valence-electron chi connectivity index (χ0n) is 10.4. The van der Waals surface area contributed by atoms with Crippen molar-refractivity contribution in [1.29, 1.82) is 0 Å². The molecule has 2 rings (SSSR count). The molecule has 98 valence electrons. The maximum atomic E-state index is 12.3. The maximum Gasteiger partial charge on any atom is 0.270 e. The third kappa shape index (κ3) is 2.46. The van der Waals surface area contributed by atoms with Gasteiger partial charge in [-0.05, 0) is 61.1 Å². The van der Waals surface area contributed by atoms with Crippen LogP contribution in [0.25, 0.3) is 0 Å². The van der Waals surface area contributed by atoms with Gasteiger partial charge in [0.25, 0.3) is 5.91 Å². The summed E-state index contributed by atoms with van der Waals surface area (Å²) in [6, 6.07) is 5.66. The molecular weight excluding hydrogens is 348 g/mol. The van der Waals surface area contributed by atoms with Gasteiger partial charge in [-0.25, -0.2) is 0 Å². The van der Waals surface area contributed by atoms with Crippen LogP contribution < -0.4 is 9.64 Å². The third-order valence-corrected chi connectivity index (χ3v) is 3.52. The van der Waals surface area contributed by atoms with Crippen LogP contribution in [0.1, 0.15) is 20.3 Å². The first kappa shape index (κ1) is 13.6. The average Bonchev–Trinajstić information content (AvgIpc) is 2.29. The number of rotatable bonds is 3. The van der Waals surface area contributed by atoms with Crippen molar-refractivity contribution >= 4 is 34.2 Å². The SMILES string of the molecule is CC1(C)Oc2cc(I)ccc2N(CCCF)C1=O. The highest BCUT2D eigenvalue weighted by Gasteiger charge is 2.40. The first-order chi connectivity index (χ1) is 8.45. The summed E-state index contributed by atoms with van der Waals surface area (Å²) in [4.78, 5) is 13.9. The summed E-state index contributed by atoms with van der Waals surface area (Å²) in [6.45, 7) is 3.43. The Balaban J connectivity index is 2.42. The lowest BCUT2D eigenvalue weighted by Crippen LogP contribution is -2.52. The highest BCUT2D eigenvalue weighted by molar-refractivity contribution is 14.1. The number of alkyl halides is 1. The molecule has 18 heavy (non-hydrogen) atoms. The van der Waals surface area contributed by atoms with Gasteiger partial charge in [0.1, 0.15) is 5.75 Å². The molecule has 3 nitrogen and oxygen atoms in total. The number of halogens is 2. The predicted octanol–water partition coefficient (Wildman–Crippen LogP) is 3.15. The molecule has 1 amide bonds. The van der Waals surface area contributed by atoms with E-state index < -0.39 is 12.3 Å². The fraction of sp³-hybridized carbons (Fsp3) is 0.462. The Bertz CT molecular complexity index is 476. The lowest BCUT2D eigenvalue weighted by Gasteiger charge is -2.38. The van der Waals surface area contributed by atoms with Gasteiger partial charge < -0.3 is 9.64 Å². The molecule has 0 aliphatic carbocycles. The summed E-state index contributed by atoms with van der Waals surface area (Å²) in [5.74, 6) is 0.565.